The summed E-state index contributed by atoms with van der Waals surface area (Å²) in [5.74, 6) is 1.36. The number of aliphatic hydroxyl groups is 1. The van der Waals surface area contributed by atoms with Crippen molar-refractivity contribution in [3.05, 3.63) is 29.7 Å². The van der Waals surface area contributed by atoms with Crippen molar-refractivity contribution in [1.29, 1.82) is 0 Å². The summed E-state index contributed by atoms with van der Waals surface area (Å²) in [6, 6.07) is 0. The van der Waals surface area contributed by atoms with Gasteiger partial charge >= 0.3 is 0 Å². The second kappa shape index (κ2) is 11.1. The van der Waals surface area contributed by atoms with E-state index in [9.17, 15) is 5.11 Å². The molecule has 2 aliphatic rings. The molecule has 0 aromatic heterocycles. The summed E-state index contributed by atoms with van der Waals surface area (Å²) >= 11 is 0. The van der Waals surface area contributed by atoms with E-state index in [1.54, 1.807) is 5.57 Å². The molecular formula is C27H47O2-. The molecule has 0 amide bonds. The van der Waals surface area contributed by atoms with Crippen molar-refractivity contribution in [3.63, 3.8) is 0 Å². The number of allylic oxidation sites excluding steroid dienone is 3. The van der Waals surface area contributed by atoms with Crippen LogP contribution in [0, 0.1) is 18.3 Å². The van der Waals surface area contributed by atoms with E-state index in [1.165, 1.54) is 18.4 Å². The molecule has 1 aliphatic carbocycles. The monoisotopic (exact) mass is 403 g/mol. The second-order valence-corrected chi connectivity index (χ2v) is 10.6. The molecule has 0 aromatic rings. The van der Waals surface area contributed by atoms with E-state index >= 15 is 0 Å². The predicted octanol–water partition coefficient (Wildman–Crippen LogP) is 7.57. The third kappa shape index (κ3) is 7.87. The second-order valence-electron chi connectivity index (χ2n) is 10.6. The molecule has 5 unspecified atom stereocenters. The highest BCUT2D eigenvalue weighted by Gasteiger charge is 2.40. The molecule has 1 N–H and O–H groups in total. The van der Waals surface area contributed by atoms with Gasteiger partial charge in [0.2, 0.25) is 0 Å². The van der Waals surface area contributed by atoms with Crippen LogP contribution >= 0.6 is 0 Å². The molecule has 2 rings (SSSR count). The lowest BCUT2D eigenvalue weighted by atomic mass is 9.74. The van der Waals surface area contributed by atoms with Crippen molar-refractivity contribution in [3.8, 4) is 0 Å². The third-order valence-corrected chi connectivity index (χ3v) is 7.51. The van der Waals surface area contributed by atoms with Gasteiger partial charge in [-0.05, 0) is 96.0 Å². The number of unbranched alkanes of at least 4 members (excludes halogenated alkanes) is 2. The molecule has 1 fully saturated rings. The Hall–Kier alpha value is -0.600. The number of rotatable bonds is 11. The van der Waals surface area contributed by atoms with E-state index in [2.05, 4.69) is 53.2 Å². The average Bonchev–Trinajstić information content (AvgIpc) is 2.65. The standard InChI is InChI=1S/C27H47O2/c1-7-8-9-17-26(5,28)18-10-12-21(2)13-11-19-27(6)20-16-24-15-14-22(3)23(4)25(24)29-27/h7,13,15,22-23,25,28H,8-12,14,16-20H2,1-6H3/q-1/b21-13+. The summed E-state index contributed by atoms with van der Waals surface area (Å²) in [6.07, 6.45) is 19.4. The Labute approximate surface area is 181 Å². The summed E-state index contributed by atoms with van der Waals surface area (Å²) in [5.41, 5.74) is 2.53. The summed E-state index contributed by atoms with van der Waals surface area (Å²) in [7, 11) is 0. The predicted molar refractivity (Wildman–Crippen MR) is 125 cm³/mol. The first-order valence-electron chi connectivity index (χ1n) is 12.2. The van der Waals surface area contributed by atoms with E-state index in [1.807, 2.05) is 6.92 Å². The largest absolute Gasteiger partial charge is 0.390 e. The Balaban J connectivity index is 1.73. The van der Waals surface area contributed by atoms with Gasteiger partial charge < -0.3 is 16.3 Å². The molecule has 0 saturated carbocycles. The van der Waals surface area contributed by atoms with E-state index in [-0.39, 0.29) is 5.60 Å². The Morgan fingerprint density at radius 1 is 1.34 bits per heavy atom. The van der Waals surface area contributed by atoms with Crippen molar-refractivity contribution < 1.29 is 9.84 Å². The summed E-state index contributed by atoms with van der Waals surface area (Å²) in [6.45, 7) is 13.4. The van der Waals surface area contributed by atoms with Crippen LogP contribution in [0.4, 0.5) is 0 Å². The van der Waals surface area contributed by atoms with Crippen LogP contribution < -0.4 is 0 Å². The molecule has 0 aromatic carbocycles. The Kier molecular flexibility index (Phi) is 9.48. The molecule has 1 heterocycles. The molecular weight excluding hydrogens is 356 g/mol. The van der Waals surface area contributed by atoms with E-state index < -0.39 is 5.60 Å². The number of fused-ring (bicyclic) bond motifs is 1. The van der Waals surface area contributed by atoms with Crippen molar-refractivity contribution >= 4 is 0 Å². The summed E-state index contributed by atoms with van der Waals surface area (Å²) in [4.78, 5) is 0. The molecule has 2 nitrogen and oxygen atoms in total. The average molecular weight is 404 g/mol. The minimum atomic E-state index is -0.508. The van der Waals surface area contributed by atoms with Crippen LogP contribution in [0.2, 0.25) is 0 Å². The molecule has 29 heavy (non-hydrogen) atoms. The fraction of sp³-hybridized carbons (Fsp3) is 0.815. The van der Waals surface area contributed by atoms with E-state index in [4.69, 9.17) is 4.74 Å². The first-order valence-corrected chi connectivity index (χ1v) is 12.2. The van der Waals surface area contributed by atoms with Gasteiger partial charge in [-0.2, -0.15) is 13.3 Å². The Morgan fingerprint density at radius 2 is 2.07 bits per heavy atom. The maximum Gasteiger partial charge on any atom is 0.0820 e. The Morgan fingerprint density at radius 3 is 2.79 bits per heavy atom. The maximum atomic E-state index is 10.5. The molecule has 1 saturated heterocycles. The Bertz CT molecular complexity index is 559. The molecule has 0 spiro atoms. The van der Waals surface area contributed by atoms with Gasteiger partial charge in [0.25, 0.3) is 0 Å². The summed E-state index contributed by atoms with van der Waals surface area (Å²) < 4.78 is 6.68. The van der Waals surface area contributed by atoms with Gasteiger partial charge in [0, 0.05) is 0 Å². The number of ether oxygens (including phenoxy) is 1. The zero-order valence-corrected chi connectivity index (χ0v) is 20.1. The van der Waals surface area contributed by atoms with Gasteiger partial charge in [-0.1, -0.05) is 38.0 Å². The van der Waals surface area contributed by atoms with Crippen LogP contribution in [0.15, 0.2) is 23.3 Å². The molecule has 0 radical (unpaired) electrons. The quantitative estimate of drug-likeness (QED) is 0.219. The van der Waals surface area contributed by atoms with Crippen LogP contribution in [0.1, 0.15) is 112 Å². The zero-order valence-electron chi connectivity index (χ0n) is 20.1. The topological polar surface area (TPSA) is 29.5 Å². The number of hydrogen-bond donors (Lipinski definition) is 1. The van der Waals surface area contributed by atoms with Crippen LogP contribution in [-0.2, 0) is 4.74 Å². The lowest BCUT2D eigenvalue weighted by Crippen LogP contribution is -2.44. The van der Waals surface area contributed by atoms with Crippen LogP contribution in [0.5, 0.6) is 0 Å². The lowest BCUT2D eigenvalue weighted by Gasteiger charge is -2.46. The fourth-order valence-electron chi connectivity index (χ4n) is 4.98. The highest BCUT2D eigenvalue weighted by atomic mass is 16.5. The highest BCUT2D eigenvalue weighted by Crippen LogP contribution is 2.43. The highest BCUT2D eigenvalue weighted by molar-refractivity contribution is 5.18. The number of hydrogen-bond acceptors (Lipinski definition) is 2. The molecule has 2 heteroatoms. The molecule has 1 aliphatic heterocycles. The summed E-state index contributed by atoms with van der Waals surface area (Å²) in [5, 5.41) is 10.5. The van der Waals surface area contributed by atoms with Crippen LogP contribution in [0.25, 0.3) is 0 Å². The minimum absolute atomic E-state index is 0.0179. The smallest absolute Gasteiger partial charge is 0.0820 e. The van der Waals surface area contributed by atoms with Crippen molar-refractivity contribution in [2.24, 2.45) is 11.8 Å². The first-order chi connectivity index (χ1) is 13.7. The van der Waals surface area contributed by atoms with Gasteiger partial charge in [0.1, 0.15) is 0 Å². The molecule has 0 bridgehead atoms. The minimum Gasteiger partial charge on any atom is -0.390 e. The van der Waals surface area contributed by atoms with E-state index in [0.717, 1.165) is 63.7 Å². The maximum absolute atomic E-state index is 10.5. The fourth-order valence-corrected chi connectivity index (χ4v) is 4.98. The van der Waals surface area contributed by atoms with Crippen molar-refractivity contribution in [2.75, 3.05) is 0 Å². The molecule has 5 atom stereocenters. The third-order valence-electron chi connectivity index (χ3n) is 7.51. The van der Waals surface area contributed by atoms with E-state index in [0.29, 0.717) is 12.0 Å². The van der Waals surface area contributed by atoms with Crippen LogP contribution in [0.3, 0.4) is 0 Å². The SMILES string of the molecule is C[CH-]CCCC(C)(O)CCC/C(C)=C/CCC1(C)CCC2=CCC(C)C(C)C2O1. The van der Waals surface area contributed by atoms with Gasteiger partial charge in [-0.25, -0.2) is 0 Å². The first kappa shape index (κ1) is 24.7. The van der Waals surface area contributed by atoms with Crippen molar-refractivity contribution in [1.82, 2.24) is 0 Å². The van der Waals surface area contributed by atoms with Crippen molar-refractivity contribution in [2.45, 2.75) is 129 Å². The lowest BCUT2D eigenvalue weighted by molar-refractivity contribution is -0.123. The zero-order chi connectivity index (χ0) is 21.5. The normalized spacial score (nSPS) is 32.4. The van der Waals surface area contributed by atoms with Gasteiger partial charge in [0.15, 0.2) is 0 Å². The van der Waals surface area contributed by atoms with Crippen LogP contribution in [-0.4, -0.2) is 22.4 Å². The van der Waals surface area contributed by atoms with Gasteiger partial charge in [-0.15, -0.1) is 0 Å². The molecule has 168 valence electrons. The van der Waals surface area contributed by atoms with Gasteiger partial charge in [0.05, 0.1) is 17.3 Å². The van der Waals surface area contributed by atoms with Gasteiger partial charge in [-0.3, -0.25) is 0 Å².